The quantitative estimate of drug-likeness (QED) is 0.546. The van der Waals surface area contributed by atoms with Crippen LogP contribution in [-0.4, -0.2) is 61.5 Å². The summed E-state index contributed by atoms with van der Waals surface area (Å²) in [4.78, 5) is 50.8. The number of amides is 1. The molecule has 8 nitrogen and oxygen atoms in total. The van der Waals surface area contributed by atoms with Crippen LogP contribution in [0.15, 0.2) is 18.2 Å². The first-order valence-corrected chi connectivity index (χ1v) is 9.19. The lowest BCUT2D eigenvalue weighted by Gasteiger charge is -2.42. The number of ether oxygens (including phenoxy) is 2. The first-order chi connectivity index (χ1) is 13.4. The van der Waals surface area contributed by atoms with Gasteiger partial charge in [-0.05, 0) is 30.5 Å². The largest absolute Gasteiger partial charge is 0.467 e. The summed E-state index contributed by atoms with van der Waals surface area (Å²) in [6, 6.07) is 3.34. The molecule has 1 saturated heterocycles. The molecule has 0 saturated carbocycles. The molecule has 1 aromatic rings. The zero-order valence-electron chi connectivity index (χ0n) is 15.2. The van der Waals surface area contributed by atoms with Crippen LogP contribution in [0.5, 0.6) is 0 Å². The van der Waals surface area contributed by atoms with Crippen molar-refractivity contribution in [2.45, 2.75) is 24.3 Å². The maximum Gasteiger partial charge on any atom is 0.330 e. The molecule has 150 valence electrons. The predicted molar refractivity (Wildman–Crippen MR) is 97.0 cm³/mol. The zero-order chi connectivity index (χ0) is 20.5. The molecule has 9 heteroatoms. The molecule has 2 atom stereocenters. The lowest BCUT2D eigenvalue weighted by atomic mass is 9.61. The van der Waals surface area contributed by atoms with E-state index >= 15 is 0 Å². The number of Topliss-reactive ketones (excluding diaryl/α,β-unsaturated/α-hetero) is 2. The van der Waals surface area contributed by atoms with Gasteiger partial charge in [-0.3, -0.25) is 14.4 Å². The number of carbonyl (C=O) groups excluding carboxylic acids is 4. The highest BCUT2D eigenvalue weighted by Crippen LogP contribution is 2.44. The number of nitrogens with one attached hydrogen (secondary N) is 1. The number of halogens is 1. The van der Waals surface area contributed by atoms with E-state index in [0.29, 0.717) is 36.6 Å². The summed E-state index contributed by atoms with van der Waals surface area (Å²) in [5, 5.41) is 11.9. The van der Waals surface area contributed by atoms with Crippen molar-refractivity contribution in [1.29, 1.82) is 0 Å². The smallest absolute Gasteiger partial charge is 0.330 e. The third-order valence-electron chi connectivity index (χ3n) is 5.35. The number of fused-ring (bicyclic) bond motifs is 2. The lowest BCUT2D eigenvalue weighted by molar-refractivity contribution is -0.148. The number of hydrogen-bond donors (Lipinski definition) is 2. The summed E-state index contributed by atoms with van der Waals surface area (Å²) in [5.41, 5.74) is -0.271. The Balaban J connectivity index is 2.03. The van der Waals surface area contributed by atoms with Crippen LogP contribution in [0.2, 0.25) is 5.02 Å². The monoisotopic (exact) mass is 409 g/mol. The molecule has 1 amide bonds. The normalized spacial score (nSPS) is 21.8. The Morgan fingerprint density at radius 3 is 2.64 bits per heavy atom. The number of ketones is 2. The zero-order valence-corrected chi connectivity index (χ0v) is 16.0. The molecule has 1 aliphatic carbocycles. The first kappa shape index (κ1) is 20.4. The number of rotatable bonds is 4. The lowest BCUT2D eigenvalue weighted by Crippen LogP contribution is -2.57. The number of benzene rings is 1. The van der Waals surface area contributed by atoms with Gasteiger partial charge >= 0.3 is 5.97 Å². The minimum atomic E-state index is -1.64. The van der Waals surface area contributed by atoms with Crippen LogP contribution in [0.3, 0.4) is 0 Å². The average molecular weight is 410 g/mol. The second-order valence-electron chi connectivity index (χ2n) is 6.81. The standard InChI is InChI=1S/C19H20ClNO7/c1-27-18(26)13(9-22)21-17(25)14-15(23)11-8-10(20)2-3-12(11)19(16(14)24)4-6-28-7-5-19/h2-3,8,13-14,22H,4-7,9H2,1H3,(H,21,25)/t13-,14?/m0/s1. The summed E-state index contributed by atoms with van der Waals surface area (Å²) in [5.74, 6) is -4.68. The van der Waals surface area contributed by atoms with Gasteiger partial charge in [0.2, 0.25) is 5.91 Å². The molecule has 0 bridgehead atoms. The molecule has 1 aliphatic heterocycles. The number of aliphatic hydroxyl groups is 1. The van der Waals surface area contributed by atoms with Crippen molar-refractivity contribution in [2.24, 2.45) is 5.92 Å². The Labute approximate surface area is 166 Å². The molecular weight excluding hydrogens is 390 g/mol. The van der Waals surface area contributed by atoms with Crippen LogP contribution in [0, 0.1) is 5.92 Å². The fourth-order valence-electron chi connectivity index (χ4n) is 3.87. The van der Waals surface area contributed by atoms with Crippen molar-refractivity contribution in [3.05, 3.63) is 34.3 Å². The fourth-order valence-corrected chi connectivity index (χ4v) is 4.04. The molecule has 2 aliphatic rings. The number of carbonyl (C=O) groups is 4. The third-order valence-corrected chi connectivity index (χ3v) is 5.59. The average Bonchev–Trinajstić information content (AvgIpc) is 2.70. The molecule has 28 heavy (non-hydrogen) atoms. The van der Waals surface area contributed by atoms with Gasteiger partial charge in [-0.15, -0.1) is 0 Å². The van der Waals surface area contributed by atoms with Gasteiger partial charge in [0, 0.05) is 23.8 Å². The van der Waals surface area contributed by atoms with Crippen LogP contribution >= 0.6 is 11.6 Å². The molecule has 1 heterocycles. The molecule has 0 radical (unpaired) electrons. The summed E-state index contributed by atoms with van der Waals surface area (Å²) in [6.07, 6.45) is 0.663. The molecule has 2 N–H and O–H groups in total. The highest BCUT2D eigenvalue weighted by molar-refractivity contribution is 6.33. The molecule has 1 aromatic carbocycles. The van der Waals surface area contributed by atoms with Crippen molar-refractivity contribution >= 4 is 35.0 Å². The minimum absolute atomic E-state index is 0.216. The van der Waals surface area contributed by atoms with E-state index < -0.39 is 47.4 Å². The highest BCUT2D eigenvalue weighted by Gasteiger charge is 2.54. The van der Waals surface area contributed by atoms with Crippen LogP contribution in [0.25, 0.3) is 0 Å². The fraction of sp³-hybridized carbons (Fsp3) is 0.474. The van der Waals surface area contributed by atoms with E-state index in [-0.39, 0.29) is 5.56 Å². The second-order valence-corrected chi connectivity index (χ2v) is 7.25. The summed E-state index contributed by atoms with van der Waals surface area (Å²) in [7, 11) is 1.10. The maximum atomic E-state index is 13.4. The van der Waals surface area contributed by atoms with E-state index in [1.54, 1.807) is 12.1 Å². The van der Waals surface area contributed by atoms with Gasteiger partial charge in [0.25, 0.3) is 0 Å². The molecule has 0 aromatic heterocycles. The molecule has 3 rings (SSSR count). The van der Waals surface area contributed by atoms with Crippen LogP contribution < -0.4 is 5.32 Å². The number of esters is 1. The van der Waals surface area contributed by atoms with E-state index in [9.17, 15) is 24.3 Å². The summed E-state index contributed by atoms with van der Waals surface area (Å²) >= 11 is 6.04. The predicted octanol–water partition coefficient (Wildman–Crippen LogP) is 0.420. The Morgan fingerprint density at radius 1 is 1.36 bits per heavy atom. The van der Waals surface area contributed by atoms with Gasteiger partial charge in [-0.1, -0.05) is 17.7 Å². The first-order valence-electron chi connectivity index (χ1n) is 8.81. The maximum absolute atomic E-state index is 13.4. The second kappa shape index (κ2) is 7.98. The van der Waals surface area contributed by atoms with Crippen molar-refractivity contribution in [1.82, 2.24) is 5.32 Å². The molecule has 1 unspecified atom stereocenters. The Hall–Kier alpha value is -2.29. The van der Waals surface area contributed by atoms with E-state index in [4.69, 9.17) is 16.3 Å². The summed E-state index contributed by atoms with van der Waals surface area (Å²) in [6.45, 7) is -0.0928. The van der Waals surface area contributed by atoms with Gasteiger partial charge in [0.15, 0.2) is 23.5 Å². The molecule has 1 fully saturated rings. The Kier molecular flexibility index (Phi) is 5.83. The van der Waals surface area contributed by atoms with Crippen molar-refractivity contribution in [2.75, 3.05) is 26.9 Å². The molecule has 1 spiro atoms. The van der Waals surface area contributed by atoms with E-state index in [0.717, 1.165) is 7.11 Å². The van der Waals surface area contributed by atoms with Gasteiger partial charge in [0.05, 0.1) is 19.1 Å². The van der Waals surface area contributed by atoms with E-state index in [1.807, 2.05) is 0 Å². The van der Waals surface area contributed by atoms with E-state index in [2.05, 4.69) is 10.1 Å². The number of aliphatic hydroxyl groups excluding tert-OH is 1. The number of hydrogen-bond acceptors (Lipinski definition) is 7. The molecular formula is C19H20ClNO7. The number of methoxy groups -OCH3 is 1. The van der Waals surface area contributed by atoms with Crippen molar-refractivity contribution in [3.63, 3.8) is 0 Å². The Bertz CT molecular complexity index is 832. The summed E-state index contributed by atoms with van der Waals surface area (Å²) < 4.78 is 9.89. The van der Waals surface area contributed by atoms with Crippen molar-refractivity contribution < 1.29 is 33.8 Å². The van der Waals surface area contributed by atoms with Crippen LogP contribution in [0.1, 0.15) is 28.8 Å². The van der Waals surface area contributed by atoms with E-state index in [1.165, 1.54) is 6.07 Å². The van der Waals surface area contributed by atoms with Crippen LogP contribution in [0.4, 0.5) is 0 Å². The van der Waals surface area contributed by atoms with Gasteiger partial charge in [-0.25, -0.2) is 4.79 Å². The highest BCUT2D eigenvalue weighted by atomic mass is 35.5. The third kappa shape index (κ3) is 3.32. The topological polar surface area (TPSA) is 119 Å². The van der Waals surface area contributed by atoms with Crippen LogP contribution in [-0.2, 0) is 29.3 Å². The van der Waals surface area contributed by atoms with Gasteiger partial charge in [0.1, 0.15) is 0 Å². The van der Waals surface area contributed by atoms with Gasteiger partial charge in [-0.2, -0.15) is 0 Å². The Morgan fingerprint density at radius 2 is 2.04 bits per heavy atom. The SMILES string of the molecule is COC(=O)[C@H](CO)NC(=O)C1C(=O)c2cc(Cl)ccc2C2(CCOCC2)C1=O. The van der Waals surface area contributed by atoms with Crippen molar-refractivity contribution in [3.8, 4) is 0 Å². The van der Waals surface area contributed by atoms with Gasteiger partial charge < -0.3 is 19.9 Å². The minimum Gasteiger partial charge on any atom is -0.467 e.